The molecule has 0 saturated carbocycles. The number of H-pyrrole nitrogens is 1. The van der Waals surface area contributed by atoms with Crippen molar-refractivity contribution in [2.45, 2.75) is 32.2 Å². The topological polar surface area (TPSA) is 107 Å². The Morgan fingerprint density at radius 2 is 2.33 bits per heavy atom. The van der Waals surface area contributed by atoms with E-state index in [1.807, 2.05) is 6.92 Å². The highest BCUT2D eigenvalue weighted by molar-refractivity contribution is 5.82. The molecule has 0 spiro atoms. The predicted octanol–water partition coefficient (Wildman–Crippen LogP) is 0.505. The summed E-state index contributed by atoms with van der Waals surface area (Å²) in [7, 11) is 0. The number of amides is 2. The largest absolute Gasteiger partial charge is 0.480 e. The number of aromatic amines is 1. The highest BCUT2D eigenvalue weighted by Crippen LogP contribution is 1.96. The lowest BCUT2D eigenvalue weighted by Crippen LogP contribution is -2.46. The van der Waals surface area contributed by atoms with E-state index in [0.717, 1.165) is 5.82 Å². The molecule has 7 heteroatoms. The number of nitrogens with one attached hydrogen (secondary N) is 3. The van der Waals surface area contributed by atoms with Crippen molar-refractivity contribution in [1.82, 2.24) is 20.6 Å². The van der Waals surface area contributed by atoms with Crippen LogP contribution in [0.1, 0.15) is 25.6 Å². The Hall–Kier alpha value is -2.05. The average molecular weight is 254 g/mol. The summed E-state index contributed by atoms with van der Waals surface area (Å²) in [6.07, 6.45) is 5.03. The number of carboxylic acids is 1. The van der Waals surface area contributed by atoms with Crippen LogP contribution in [0, 0.1) is 0 Å². The monoisotopic (exact) mass is 254 g/mol. The number of aromatic nitrogens is 2. The van der Waals surface area contributed by atoms with Gasteiger partial charge in [0.2, 0.25) is 0 Å². The van der Waals surface area contributed by atoms with Crippen LogP contribution in [0.3, 0.4) is 0 Å². The standard InChI is InChI=1S/C11H18N4O3/c1-2-3-8(10(16)17)15-11(18)14-5-4-9-12-6-7-13-9/h6-8H,2-5H2,1H3,(H,12,13)(H,16,17)(H2,14,15,18)/t8-/m1/s1. The predicted molar refractivity (Wildman–Crippen MR) is 65.2 cm³/mol. The summed E-state index contributed by atoms with van der Waals surface area (Å²) in [6.45, 7) is 2.27. The fourth-order valence-corrected chi connectivity index (χ4v) is 1.48. The molecule has 0 bridgehead atoms. The lowest BCUT2D eigenvalue weighted by Gasteiger charge is -2.13. The van der Waals surface area contributed by atoms with Gasteiger partial charge >= 0.3 is 12.0 Å². The fraction of sp³-hybridized carbons (Fsp3) is 0.545. The second kappa shape index (κ2) is 7.31. The van der Waals surface area contributed by atoms with Gasteiger partial charge in [0.1, 0.15) is 11.9 Å². The Labute approximate surface area is 105 Å². The second-order valence-electron chi connectivity index (χ2n) is 3.87. The van der Waals surface area contributed by atoms with Crippen LogP contribution in [-0.4, -0.2) is 39.7 Å². The molecule has 0 unspecified atom stereocenters. The highest BCUT2D eigenvalue weighted by atomic mass is 16.4. The van der Waals surface area contributed by atoms with E-state index in [1.165, 1.54) is 0 Å². The van der Waals surface area contributed by atoms with Crippen LogP contribution in [0.25, 0.3) is 0 Å². The van der Waals surface area contributed by atoms with E-state index in [9.17, 15) is 9.59 Å². The van der Waals surface area contributed by atoms with Crippen LogP contribution in [-0.2, 0) is 11.2 Å². The third-order valence-electron chi connectivity index (χ3n) is 2.38. The zero-order chi connectivity index (χ0) is 13.4. The van der Waals surface area contributed by atoms with Gasteiger partial charge in [0, 0.05) is 25.4 Å². The Balaban J connectivity index is 2.25. The molecule has 1 atom stereocenters. The number of urea groups is 1. The summed E-state index contributed by atoms with van der Waals surface area (Å²) >= 11 is 0. The lowest BCUT2D eigenvalue weighted by molar-refractivity contribution is -0.139. The van der Waals surface area contributed by atoms with E-state index >= 15 is 0 Å². The van der Waals surface area contributed by atoms with Gasteiger partial charge in [-0.05, 0) is 6.42 Å². The maximum Gasteiger partial charge on any atom is 0.326 e. The van der Waals surface area contributed by atoms with Gasteiger partial charge in [-0.15, -0.1) is 0 Å². The third-order valence-corrected chi connectivity index (χ3v) is 2.38. The molecule has 0 aromatic carbocycles. The number of nitrogens with zero attached hydrogens (tertiary/aromatic N) is 1. The number of carbonyl (C=O) groups excluding carboxylic acids is 1. The summed E-state index contributed by atoms with van der Waals surface area (Å²) in [6, 6.07) is -1.30. The number of imidazole rings is 1. The number of rotatable bonds is 7. The molecule has 7 nitrogen and oxygen atoms in total. The molecule has 1 aromatic heterocycles. The van der Waals surface area contributed by atoms with Crippen LogP contribution in [0.15, 0.2) is 12.4 Å². The van der Waals surface area contributed by atoms with Gasteiger partial charge in [0.25, 0.3) is 0 Å². The number of carbonyl (C=O) groups is 2. The lowest BCUT2D eigenvalue weighted by atomic mass is 10.2. The Bertz CT molecular complexity index is 378. The first kappa shape index (κ1) is 14.0. The van der Waals surface area contributed by atoms with Crippen molar-refractivity contribution in [3.63, 3.8) is 0 Å². The molecule has 100 valence electrons. The minimum atomic E-state index is -1.02. The summed E-state index contributed by atoms with van der Waals surface area (Å²) in [5, 5.41) is 13.9. The maximum absolute atomic E-state index is 11.4. The first-order valence-corrected chi connectivity index (χ1v) is 5.89. The van der Waals surface area contributed by atoms with Crippen molar-refractivity contribution in [2.75, 3.05) is 6.54 Å². The van der Waals surface area contributed by atoms with E-state index in [-0.39, 0.29) is 0 Å². The molecule has 2 amide bonds. The molecular formula is C11H18N4O3. The highest BCUT2D eigenvalue weighted by Gasteiger charge is 2.18. The molecule has 0 radical (unpaired) electrons. The van der Waals surface area contributed by atoms with Crippen LogP contribution < -0.4 is 10.6 Å². The molecule has 1 heterocycles. The molecular weight excluding hydrogens is 236 g/mol. The zero-order valence-electron chi connectivity index (χ0n) is 10.3. The molecule has 1 aromatic rings. The van der Waals surface area contributed by atoms with Crippen molar-refractivity contribution in [2.24, 2.45) is 0 Å². The number of hydrogen-bond donors (Lipinski definition) is 4. The summed E-state index contributed by atoms with van der Waals surface area (Å²) in [4.78, 5) is 29.2. The van der Waals surface area contributed by atoms with Crippen LogP contribution in [0.4, 0.5) is 4.79 Å². The number of aliphatic carboxylic acids is 1. The van der Waals surface area contributed by atoms with Crippen LogP contribution >= 0.6 is 0 Å². The second-order valence-corrected chi connectivity index (χ2v) is 3.87. The first-order valence-electron chi connectivity index (χ1n) is 5.89. The first-order chi connectivity index (χ1) is 8.63. The fourth-order valence-electron chi connectivity index (χ4n) is 1.48. The SMILES string of the molecule is CCC[C@@H](NC(=O)NCCc1ncc[nH]1)C(=O)O. The van der Waals surface area contributed by atoms with Crippen molar-refractivity contribution in [3.8, 4) is 0 Å². The summed E-state index contributed by atoms with van der Waals surface area (Å²) in [5.74, 6) is -0.239. The summed E-state index contributed by atoms with van der Waals surface area (Å²) in [5.41, 5.74) is 0. The van der Waals surface area contributed by atoms with E-state index in [4.69, 9.17) is 5.11 Å². The quantitative estimate of drug-likeness (QED) is 0.568. The Morgan fingerprint density at radius 1 is 1.56 bits per heavy atom. The van der Waals surface area contributed by atoms with Crippen molar-refractivity contribution < 1.29 is 14.7 Å². The van der Waals surface area contributed by atoms with E-state index in [2.05, 4.69) is 20.6 Å². The van der Waals surface area contributed by atoms with Crippen molar-refractivity contribution in [3.05, 3.63) is 18.2 Å². The Kier molecular flexibility index (Phi) is 5.69. The molecule has 18 heavy (non-hydrogen) atoms. The molecule has 0 aliphatic heterocycles. The molecule has 0 aliphatic rings. The van der Waals surface area contributed by atoms with Gasteiger partial charge in [-0.3, -0.25) is 0 Å². The smallest absolute Gasteiger partial charge is 0.326 e. The van der Waals surface area contributed by atoms with E-state index < -0.39 is 18.0 Å². The van der Waals surface area contributed by atoms with Crippen LogP contribution in [0.5, 0.6) is 0 Å². The van der Waals surface area contributed by atoms with Crippen molar-refractivity contribution in [1.29, 1.82) is 0 Å². The van der Waals surface area contributed by atoms with Gasteiger partial charge < -0.3 is 20.7 Å². The number of hydrogen-bond acceptors (Lipinski definition) is 3. The minimum Gasteiger partial charge on any atom is -0.480 e. The normalized spacial score (nSPS) is 11.8. The Morgan fingerprint density at radius 3 is 2.89 bits per heavy atom. The van der Waals surface area contributed by atoms with Crippen molar-refractivity contribution >= 4 is 12.0 Å². The van der Waals surface area contributed by atoms with Gasteiger partial charge in [-0.25, -0.2) is 14.6 Å². The zero-order valence-corrected chi connectivity index (χ0v) is 10.3. The van der Waals surface area contributed by atoms with Gasteiger partial charge in [-0.1, -0.05) is 13.3 Å². The maximum atomic E-state index is 11.4. The van der Waals surface area contributed by atoms with E-state index in [1.54, 1.807) is 12.4 Å². The summed E-state index contributed by atoms with van der Waals surface area (Å²) < 4.78 is 0. The average Bonchev–Trinajstić information content (AvgIpc) is 2.81. The minimum absolute atomic E-state index is 0.401. The molecule has 0 fully saturated rings. The molecule has 0 aliphatic carbocycles. The van der Waals surface area contributed by atoms with Gasteiger partial charge in [0.15, 0.2) is 0 Å². The molecule has 4 N–H and O–H groups in total. The van der Waals surface area contributed by atoms with Gasteiger partial charge in [0.05, 0.1) is 0 Å². The third kappa shape index (κ3) is 4.86. The van der Waals surface area contributed by atoms with E-state index in [0.29, 0.717) is 25.8 Å². The number of carboxylic acid groups (broad SMARTS) is 1. The molecule has 1 rings (SSSR count). The molecule has 0 saturated heterocycles. The van der Waals surface area contributed by atoms with Crippen LogP contribution in [0.2, 0.25) is 0 Å². The van der Waals surface area contributed by atoms with Gasteiger partial charge in [-0.2, -0.15) is 0 Å².